The second-order valence-corrected chi connectivity index (χ2v) is 7.98. The Labute approximate surface area is 190 Å². The summed E-state index contributed by atoms with van der Waals surface area (Å²) < 4.78 is 15.0. The summed E-state index contributed by atoms with van der Waals surface area (Å²) in [5, 5.41) is 3.24. The molecule has 2 heterocycles. The number of rotatable bonds is 4. The van der Waals surface area contributed by atoms with Gasteiger partial charge in [-0.05, 0) is 23.3 Å². The molecule has 2 aliphatic rings. The first-order valence-electron chi connectivity index (χ1n) is 10.4. The molecule has 2 fully saturated rings. The molecule has 9 nitrogen and oxygen atoms in total. The van der Waals surface area contributed by atoms with Crippen molar-refractivity contribution >= 4 is 23.9 Å². The first kappa shape index (κ1) is 22.5. The van der Waals surface area contributed by atoms with Gasteiger partial charge in [0.25, 0.3) is 0 Å². The smallest absolute Gasteiger partial charge is 0.423 e. The van der Waals surface area contributed by atoms with Crippen molar-refractivity contribution < 1.29 is 33.4 Å². The molecule has 3 amide bonds. The van der Waals surface area contributed by atoms with Gasteiger partial charge in [-0.2, -0.15) is 4.90 Å². The Kier molecular flexibility index (Phi) is 5.90. The van der Waals surface area contributed by atoms with E-state index in [1.54, 1.807) is 48.5 Å². The summed E-state index contributed by atoms with van der Waals surface area (Å²) in [4.78, 5) is 52.6. The molecule has 9 heteroatoms. The van der Waals surface area contributed by atoms with E-state index in [-0.39, 0.29) is 6.42 Å². The minimum absolute atomic E-state index is 0.280. The number of methoxy groups -OCH3 is 3. The fourth-order valence-electron chi connectivity index (χ4n) is 5.04. The third kappa shape index (κ3) is 3.45. The Morgan fingerprint density at radius 2 is 1.61 bits per heavy atom. The number of hydrogen-bond donors (Lipinski definition) is 1. The van der Waals surface area contributed by atoms with Crippen LogP contribution in [0.25, 0.3) is 0 Å². The fraction of sp³-hybridized carbons (Fsp3) is 0.333. The third-order valence-corrected chi connectivity index (χ3v) is 6.46. The molecule has 172 valence electrons. The molecule has 0 saturated carbocycles. The van der Waals surface area contributed by atoms with Gasteiger partial charge in [-0.15, -0.1) is 0 Å². The van der Waals surface area contributed by atoms with E-state index in [1.165, 1.54) is 14.2 Å². The van der Waals surface area contributed by atoms with Crippen molar-refractivity contribution in [2.24, 2.45) is 5.41 Å². The van der Waals surface area contributed by atoms with Gasteiger partial charge in [0, 0.05) is 18.4 Å². The molecule has 2 aromatic rings. The third-order valence-electron chi connectivity index (χ3n) is 6.46. The lowest BCUT2D eigenvalue weighted by atomic mass is 9.65. The monoisotopic (exact) mass is 452 g/mol. The first-order valence-corrected chi connectivity index (χ1v) is 10.4. The zero-order valence-electron chi connectivity index (χ0n) is 18.4. The number of nitrogens with zero attached hydrogens (tertiary/aromatic N) is 1. The van der Waals surface area contributed by atoms with Gasteiger partial charge >= 0.3 is 12.1 Å². The van der Waals surface area contributed by atoms with E-state index in [4.69, 9.17) is 14.2 Å². The van der Waals surface area contributed by atoms with E-state index >= 15 is 0 Å². The minimum atomic E-state index is -1.46. The molecule has 2 aliphatic heterocycles. The van der Waals surface area contributed by atoms with E-state index in [0.29, 0.717) is 21.8 Å². The normalized spacial score (nSPS) is 26.5. The summed E-state index contributed by atoms with van der Waals surface area (Å²) in [6.45, 7) is 0. The largest absolute Gasteiger partial charge is 0.497 e. The number of ether oxygens (including phenoxy) is 3. The van der Waals surface area contributed by atoms with Crippen molar-refractivity contribution in [2.45, 2.75) is 24.4 Å². The Bertz CT molecular complexity index is 1090. The van der Waals surface area contributed by atoms with Crippen LogP contribution in [0, 0.1) is 5.41 Å². The number of benzene rings is 2. The fourth-order valence-corrected chi connectivity index (χ4v) is 5.04. The van der Waals surface area contributed by atoms with Crippen LogP contribution in [0.15, 0.2) is 54.6 Å². The minimum Gasteiger partial charge on any atom is -0.497 e. The highest BCUT2D eigenvalue weighted by atomic mass is 16.5. The van der Waals surface area contributed by atoms with E-state index < -0.39 is 47.3 Å². The van der Waals surface area contributed by atoms with Crippen molar-refractivity contribution in [1.82, 2.24) is 10.2 Å². The summed E-state index contributed by atoms with van der Waals surface area (Å²) in [6, 6.07) is 14.3. The summed E-state index contributed by atoms with van der Waals surface area (Å²) in [7, 11) is 3.91. The molecule has 0 aromatic heterocycles. The number of hydrogen-bond acceptors (Lipinski definition) is 8. The molecule has 2 saturated heterocycles. The van der Waals surface area contributed by atoms with Crippen LogP contribution in [0.1, 0.15) is 29.5 Å². The Hall–Kier alpha value is -3.72. The summed E-state index contributed by atoms with van der Waals surface area (Å²) in [6.07, 6.45) is -1.33. The maximum absolute atomic E-state index is 13.9. The maximum Gasteiger partial charge on any atom is 0.423 e. The van der Waals surface area contributed by atoms with E-state index in [1.807, 2.05) is 6.07 Å². The van der Waals surface area contributed by atoms with Gasteiger partial charge in [-0.25, -0.2) is 4.79 Å². The number of nitrogens with one attached hydrogen (secondary N) is 1. The highest BCUT2D eigenvalue weighted by molar-refractivity contribution is 6.17. The number of carbonyl (C=O) groups is 4. The average molecular weight is 452 g/mol. The molecule has 2 aromatic carbocycles. The van der Waals surface area contributed by atoms with Crippen LogP contribution in [-0.4, -0.2) is 56.1 Å². The highest BCUT2D eigenvalue weighted by Crippen LogP contribution is 2.59. The van der Waals surface area contributed by atoms with Gasteiger partial charge < -0.3 is 14.2 Å². The predicted molar refractivity (Wildman–Crippen MR) is 115 cm³/mol. The molecule has 4 rings (SSSR count). The van der Waals surface area contributed by atoms with Crippen molar-refractivity contribution in [3.63, 3.8) is 0 Å². The summed E-state index contributed by atoms with van der Waals surface area (Å²) >= 11 is 0. The van der Waals surface area contributed by atoms with Crippen LogP contribution < -0.4 is 10.1 Å². The highest BCUT2D eigenvalue weighted by Gasteiger charge is 2.69. The molecular formula is C24H24N2O7. The number of likely N-dealkylation sites (tertiary alicyclic amines) is 1. The molecule has 0 bridgehead atoms. The van der Waals surface area contributed by atoms with Gasteiger partial charge in [0.05, 0.1) is 26.7 Å². The summed E-state index contributed by atoms with van der Waals surface area (Å²) in [5.41, 5.74) is -0.125. The zero-order chi connectivity index (χ0) is 23.8. The van der Waals surface area contributed by atoms with Crippen molar-refractivity contribution in [1.29, 1.82) is 0 Å². The van der Waals surface area contributed by atoms with E-state index in [9.17, 15) is 19.2 Å². The molecular weight excluding hydrogens is 428 g/mol. The van der Waals surface area contributed by atoms with Crippen molar-refractivity contribution in [3.8, 4) is 5.75 Å². The van der Waals surface area contributed by atoms with Crippen LogP contribution >= 0.6 is 0 Å². The van der Waals surface area contributed by atoms with Gasteiger partial charge in [0.2, 0.25) is 11.8 Å². The number of amides is 3. The summed E-state index contributed by atoms with van der Waals surface area (Å²) in [5.74, 6) is -2.13. The standard InChI is InChI=1S/C24H24N2O7/c1-31-16-11-9-15(10-12-16)20-24(13-17(27)26(22(24)29)23(30)33-3)18(14-7-5-4-6-8-14)19(25-20)21(28)32-2/h4-12,18-20,25H,13H2,1-3H3/t18-,19+,20+,24+/m0/s1. The van der Waals surface area contributed by atoms with Crippen molar-refractivity contribution in [3.05, 3.63) is 65.7 Å². The number of carbonyl (C=O) groups excluding carboxylic acids is 4. The lowest BCUT2D eigenvalue weighted by Gasteiger charge is -2.34. The molecule has 1 spiro atoms. The Morgan fingerprint density at radius 1 is 0.939 bits per heavy atom. The molecule has 0 radical (unpaired) electrons. The maximum atomic E-state index is 13.9. The molecule has 33 heavy (non-hydrogen) atoms. The predicted octanol–water partition coefficient (Wildman–Crippen LogP) is 2.18. The van der Waals surface area contributed by atoms with Crippen LogP contribution in [0.2, 0.25) is 0 Å². The quantitative estimate of drug-likeness (QED) is 0.555. The van der Waals surface area contributed by atoms with Gasteiger partial charge in [-0.3, -0.25) is 19.7 Å². The Morgan fingerprint density at radius 3 is 2.18 bits per heavy atom. The number of esters is 1. The van der Waals surface area contributed by atoms with E-state index in [0.717, 1.165) is 7.11 Å². The lowest BCUT2D eigenvalue weighted by Crippen LogP contribution is -2.44. The van der Waals surface area contributed by atoms with Crippen LogP contribution in [0.4, 0.5) is 4.79 Å². The molecule has 0 unspecified atom stereocenters. The Balaban J connectivity index is 1.94. The van der Waals surface area contributed by atoms with E-state index in [2.05, 4.69) is 5.32 Å². The lowest BCUT2D eigenvalue weighted by molar-refractivity contribution is -0.143. The van der Waals surface area contributed by atoms with Crippen LogP contribution in [0.5, 0.6) is 5.75 Å². The second-order valence-electron chi connectivity index (χ2n) is 7.98. The average Bonchev–Trinajstić information content (AvgIpc) is 3.32. The number of imide groups is 3. The molecule has 0 aliphatic carbocycles. The van der Waals surface area contributed by atoms with Crippen molar-refractivity contribution in [2.75, 3.05) is 21.3 Å². The SMILES string of the molecule is COC(=O)[C@@H]1N[C@H](c2ccc(OC)cc2)[C@@]2(CC(=O)N(C(=O)OC)C2=O)[C@H]1c1ccccc1. The van der Waals surface area contributed by atoms with Crippen LogP contribution in [-0.2, 0) is 23.9 Å². The van der Waals surface area contributed by atoms with Gasteiger partial charge in [0.1, 0.15) is 11.8 Å². The second kappa shape index (κ2) is 8.67. The van der Waals surface area contributed by atoms with Gasteiger partial charge in [-0.1, -0.05) is 42.5 Å². The zero-order valence-corrected chi connectivity index (χ0v) is 18.4. The molecule has 4 atom stereocenters. The molecule has 1 N–H and O–H groups in total. The van der Waals surface area contributed by atoms with Gasteiger partial charge in [0.15, 0.2) is 0 Å². The first-order chi connectivity index (χ1) is 15.9. The van der Waals surface area contributed by atoms with Crippen LogP contribution in [0.3, 0.4) is 0 Å². The topological polar surface area (TPSA) is 111 Å².